The van der Waals surface area contributed by atoms with Crippen LogP contribution in [0.4, 0.5) is 0 Å². The fourth-order valence-electron chi connectivity index (χ4n) is 5.90. The Morgan fingerprint density at radius 3 is 1.48 bits per heavy atom. The van der Waals surface area contributed by atoms with Crippen molar-refractivity contribution in [2.75, 3.05) is 0 Å². The van der Waals surface area contributed by atoms with Gasteiger partial charge >= 0.3 is 0 Å². The van der Waals surface area contributed by atoms with Crippen molar-refractivity contribution in [2.24, 2.45) is 0 Å². The number of hydrogen-bond acceptors (Lipinski definition) is 3. The number of fused-ring (bicyclic) bond motifs is 3. The summed E-state index contributed by atoms with van der Waals surface area (Å²) in [6.07, 6.45) is 0. The van der Waals surface area contributed by atoms with E-state index in [0.29, 0.717) is 5.95 Å². The van der Waals surface area contributed by atoms with Gasteiger partial charge in [-0.1, -0.05) is 121 Å². The normalized spacial score (nSPS) is 11.8. The van der Waals surface area contributed by atoms with Crippen molar-refractivity contribution < 1.29 is 0 Å². The van der Waals surface area contributed by atoms with Crippen LogP contribution in [0.25, 0.3) is 27.8 Å². The number of rotatable bonds is 5. The number of hydrogen-bond donors (Lipinski definition) is 0. The van der Waals surface area contributed by atoms with Gasteiger partial charge < -0.3 is 0 Å². The molecule has 0 spiro atoms. The second-order valence-corrected chi connectivity index (χ2v) is 14.1. The molecule has 7 rings (SSSR count). The lowest BCUT2D eigenvalue weighted by molar-refractivity contribution is 0.941. The maximum Gasteiger partial charge on any atom is 0.240 e. The van der Waals surface area contributed by atoms with Gasteiger partial charge in [0.1, 0.15) is 0 Å². The molecule has 192 valence electrons. The molecule has 0 aliphatic rings. The smallest absolute Gasteiger partial charge is 0.240 e. The molecular formula is C33H22Cl2N4Si. The molecule has 40 heavy (non-hydrogen) atoms. The van der Waals surface area contributed by atoms with Crippen LogP contribution in [0.2, 0.25) is 10.6 Å². The highest BCUT2D eigenvalue weighted by molar-refractivity contribution is 7.20. The summed E-state index contributed by atoms with van der Waals surface area (Å²) < 4.78 is 2.04. The molecule has 0 aliphatic heterocycles. The number of nitrogens with zero attached hydrogens (tertiary/aromatic N) is 4. The van der Waals surface area contributed by atoms with E-state index in [2.05, 4.69) is 136 Å². The zero-order valence-corrected chi connectivity index (χ0v) is 23.8. The standard InChI is InChI=1S/C33H22Cl2N4Si/c34-31-36-32(35)38-33(37-31)39-29-19-11-10-18-27(29)28-21-20-26(22-30(28)39)40(23-12-4-1-5-13-23,24-14-6-2-7-15-24)25-16-8-3-9-17-25/h1-22H. The highest BCUT2D eigenvalue weighted by Crippen LogP contribution is 2.31. The van der Waals surface area contributed by atoms with E-state index >= 15 is 0 Å². The average Bonchev–Trinajstić information content (AvgIpc) is 3.33. The van der Waals surface area contributed by atoms with E-state index in [4.69, 9.17) is 23.2 Å². The third-order valence-corrected chi connectivity index (χ3v) is 12.6. The monoisotopic (exact) mass is 572 g/mol. The van der Waals surface area contributed by atoms with Crippen LogP contribution in [0.15, 0.2) is 133 Å². The van der Waals surface area contributed by atoms with E-state index in [1.165, 1.54) is 20.7 Å². The molecule has 0 amide bonds. The molecule has 0 aliphatic carbocycles. The summed E-state index contributed by atoms with van der Waals surface area (Å²) in [6, 6.07) is 47.7. The van der Waals surface area contributed by atoms with Gasteiger partial charge in [-0.2, -0.15) is 15.0 Å². The van der Waals surface area contributed by atoms with Gasteiger partial charge in [0.2, 0.25) is 16.5 Å². The molecule has 2 aromatic heterocycles. The van der Waals surface area contributed by atoms with Crippen molar-refractivity contribution in [1.82, 2.24) is 19.5 Å². The lowest BCUT2D eigenvalue weighted by Gasteiger charge is -2.34. The molecule has 0 unspecified atom stereocenters. The number of para-hydroxylation sites is 1. The Kier molecular flexibility index (Phi) is 6.20. The Labute approximate surface area is 242 Å². The van der Waals surface area contributed by atoms with Gasteiger partial charge in [0, 0.05) is 10.8 Å². The topological polar surface area (TPSA) is 43.6 Å². The van der Waals surface area contributed by atoms with Gasteiger partial charge in [-0.05, 0) is 56.1 Å². The molecule has 0 saturated carbocycles. The molecule has 2 heterocycles. The third kappa shape index (κ3) is 3.94. The lowest BCUT2D eigenvalue weighted by Crippen LogP contribution is -2.74. The number of halogens is 2. The SMILES string of the molecule is Clc1nc(Cl)nc(-n2c3ccccc3c3ccc([Si](c4ccccc4)(c4ccccc4)c4ccccc4)cc32)n1. The van der Waals surface area contributed by atoms with Crippen molar-refractivity contribution in [1.29, 1.82) is 0 Å². The van der Waals surface area contributed by atoms with E-state index in [1.54, 1.807) is 0 Å². The molecule has 4 nitrogen and oxygen atoms in total. The van der Waals surface area contributed by atoms with E-state index in [0.717, 1.165) is 21.8 Å². The largest absolute Gasteiger partial charge is 0.278 e. The van der Waals surface area contributed by atoms with E-state index < -0.39 is 8.07 Å². The average molecular weight is 574 g/mol. The Hall–Kier alpha value is -4.29. The molecule has 7 heteroatoms. The van der Waals surface area contributed by atoms with Crippen LogP contribution in [0.1, 0.15) is 0 Å². The van der Waals surface area contributed by atoms with Crippen LogP contribution in [0.3, 0.4) is 0 Å². The van der Waals surface area contributed by atoms with Crippen LogP contribution in [-0.4, -0.2) is 27.6 Å². The minimum atomic E-state index is -2.73. The molecule has 0 atom stereocenters. The van der Waals surface area contributed by atoms with Gasteiger partial charge in [0.15, 0.2) is 8.07 Å². The molecule has 0 bridgehead atoms. The Morgan fingerprint density at radius 2 is 0.925 bits per heavy atom. The predicted molar refractivity (Wildman–Crippen MR) is 168 cm³/mol. The Balaban J connectivity index is 1.63. The summed E-state index contributed by atoms with van der Waals surface area (Å²) in [7, 11) is -2.73. The highest BCUT2D eigenvalue weighted by Gasteiger charge is 2.41. The van der Waals surface area contributed by atoms with Crippen molar-refractivity contribution in [3.63, 3.8) is 0 Å². The van der Waals surface area contributed by atoms with Crippen LogP contribution < -0.4 is 20.7 Å². The first-order valence-electron chi connectivity index (χ1n) is 12.9. The zero-order valence-electron chi connectivity index (χ0n) is 21.2. The summed E-state index contributed by atoms with van der Waals surface area (Å²) in [5.74, 6) is 0.389. The summed E-state index contributed by atoms with van der Waals surface area (Å²) in [6.45, 7) is 0. The zero-order chi connectivity index (χ0) is 27.1. The fourth-order valence-corrected chi connectivity index (χ4v) is 11.0. The number of aromatic nitrogens is 4. The summed E-state index contributed by atoms with van der Waals surface area (Å²) >= 11 is 12.5. The van der Waals surface area contributed by atoms with Crippen LogP contribution in [0.5, 0.6) is 0 Å². The minimum Gasteiger partial charge on any atom is -0.278 e. The summed E-state index contributed by atoms with van der Waals surface area (Å²) in [4.78, 5) is 12.9. The Bertz CT molecular complexity index is 1860. The van der Waals surface area contributed by atoms with Crippen molar-refractivity contribution in [3.05, 3.63) is 144 Å². The highest BCUT2D eigenvalue weighted by atomic mass is 35.5. The third-order valence-electron chi connectivity index (χ3n) is 7.50. The van der Waals surface area contributed by atoms with E-state index in [1.807, 2.05) is 16.7 Å². The first-order valence-corrected chi connectivity index (χ1v) is 15.7. The second-order valence-electron chi connectivity index (χ2n) is 9.61. The second kappa shape index (κ2) is 10.0. The molecule has 5 aromatic carbocycles. The number of benzene rings is 5. The van der Waals surface area contributed by atoms with Crippen molar-refractivity contribution >= 4 is 73.8 Å². The summed E-state index contributed by atoms with van der Waals surface area (Å²) in [5.41, 5.74) is 1.95. The molecule has 0 radical (unpaired) electrons. The molecule has 0 N–H and O–H groups in total. The van der Waals surface area contributed by atoms with Crippen molar-refractivity contribution in [2.45, 2.75) is 0 Å². The quantitative estimate of drug-likeness (QED) is 0.198. The van der Waals surface area contributed by atoms with Crippen LogP contribution in [-0.2, 0) is 0 Å². The van der Waals surface area contributed by atoms with Crippen LogP contribution in [0, 0.1) is 0 Å². The predicted octanol–water partition coefficient (Wildman–Crippen LogP) is 5.65. The van der Waals surface area contributed by atoms with Crippen molar-refractivity contribution in [3.8, 4) is 5.95 Å². The van der Waals surface area contributed by atoms with Gasteiger partial charge in [0.05, 0.1) is 11.0 Å². The van der Waals surface area contributed by atoms with E-state index in [-0.39, 0.29) is 10.6 Å². The fraction of sp³-hybridized carbons (Fsp3) is 0. The van der Waals surface area contributed by atoms with E-state index in [9.17, 15) is 0 Å². The minimum absolute atomic E-state index is 0.0543. The summed E-state index contributed by atoms with van der Waals surface area (Å²) in [5, 5.41) is 7.48. The first kappa shape index (κ1) is 24.7. The maximum absolute atomic E-state index is 6.26. The van der Waals surface area contributed by atoms with Gasteiger partial charge in [-0.25, -0.2) is 0 Å². The lowest BCUT2D eigenvalue weighted by atomic mass is 10.1. The van der Waals surface area contributed by atoms with Gasteiger partial charge in [0.25, 0.3) is 0 Å². The van der Waals surface area contributed by atoms with Crippen LogP contribution >= 0.6 is 23.2 Å². The maximum atomic E-state index is 6.26. The molecular weight excluding hydrogens is 551 g/mol. The molecule has 0 fully saturated rings. The van der Waals surface area contributed by atoms with Gasteiger partial charge in [-0.15, -0.1) is 0 Å². The molecule has 7 aromatic rings. The Morgan fingerprint density at radius 1 is 0.450 bits per heavy atom. The molecule has 0 saturated heterocycles. The first-order chi connectivity index (χ1) is 19.7. The van der Waals surface area contributed by atoms with Gasteiger partial charge in [-0.3, -0.25) is 4.57 Å².